The summed E-state index contributed by atoms with van der Waals surface area (Å²) in [7, 11) is 0. The lowest BCUT2D eigenvalue weighted by Crippen LogP contribution is -2.42. The van der Waals surface area contributed by atoms with E-state index in [2.05, 4.69) is 21.3 Å². The molecule has 0 radical (unpaired) electrons. The molecule has 4 aromatic heterocycles. The third kappa shape index (κ3) is 15.4. The monoisotopic (exact) mass is 1340 g/mol. The van der Waals surface area contributed by atoms with E-state index in [1.165, 1.54) is 48.9 Å². The third-order valence-corrected chi connectivity index (χ3v) is 15.7. The fraction of sp³-hybridized carbons (Fsp3) is 0.394. The van der Waals surface area contributed by atoms with Gasteiger partial charge < -0.3 is 80.4 Å². The summed E-state index contributed by atoms with van der Waals surface area (Å²) in [5.41, 5.74) is -1.66. The van der Waals surface area contributed by atoms with E-state index in [1.54, 1.807) is 47.6 Å². The van der Waals surface area contributed by atoms with Crippen LogP contribution in [0.25, 0.3) is 43.6 Å². The van der Waals surface area contributed by atoms with Crippen molar-refractivity contribution in [1.82, 2.24) is 39.5 Å². The lowest BCUT2D eigenvalue weighted by atomic mass is 10.0. The standard InChI is InChI=1S/C17H19ClN2O4.C17H21ClN2O4.C16H19ClN2O4.C16H18N2O4/c1-17(2,3)19-16(24)9-7-20(8-4-5-8)10-6-11(21)15(23)13(18)12(10)14(9)22;1-8(2)19-16(24)9-7-20(17(3,4)5)10-6-11(21)15(23)13(18)12(10)14(9)22;1-7(2)18-16(23)9-6-19(8(3)4)10-5-11(20)15(22)13(17)12(10)14(9)21;1-8(2)17-16(22)11-7-18(9-3-4-9)12-6-14(20)13(19)5-10(12)15(11)21/h6-8,21,23H,4-5H2,1-3H3,(H,19,24);6-8,21,23H,1-5H3,(H,19,24);5-8,20,22H,1-4H3,(H,18,23);5-9,19-20H,3-4H2,1-2H3,(H,17,22). The number of aromatic hydroxyl groups is 8. The summed E-state index contributed by atoms with van der Waals surface area (Å²) < 4.78 is 6.96. The first-order valence-corrected chi connectivity index (χ1v) is 31.0. The molecule has 93 heavy (non-hydrogen) atoms. The summed E-state index contributed by atoms with van der Waals surface area (Å²) in [6, 6.07) is 6.36. The first kappa shape index (κ1) is 71.3. The van der Waals surface area contributed by atoms with Crippen molar-refractivity contribution in [3.8, 4) is 46.0 Å². The van der Waals surface area contributed by atoms with Gasteiger partial charge in [-0.2, -0.15) is 0 Å². The Kier molecular flexibility index (Phi) is 20.9. The maximum absolute atomic E-state index is 12.8. The van der Waals surface area contributed by atoms with Gasteiger partial charge in [0.05, 0.1) is 58.7 Å². The van der Waals surface area contributed by atoms with Gasteiger partial charge in [-0.05, 0) is 129 Å². The van der Waals surface area contributed by atoms with Crippen LogP contribution in [0.1, 0.15) is 182 Å². The van der Waals surface area contributed by atoms with E-state index in [-0.39, 0.29) is 107 Å². The number of rotatable bonds is 10. The van der Waals surface area contributed by atoms with Crippen LogP contribution in [0.2, 0.25) is 15.1 Å². The molecule has 24 nitrogen and oxygen atoms in total. The zero-order valence-corrected chi connectivity index (χ0v) is 56.0. The van der Waals surface area contributed by atoms with Gasteiger partial charge in [0.2, 0.25) is 21.7 Å². The molecule has 0 spiro atoms. The van der Waals surface area contributed by atoms with Gasteiger partial charge in [0.1, 0.15) is 22.3 Å². The molecule has 4 amide bonds. The summed E-state index contributed by atoms with van der Waals surface area (Å²) in [5, 5.41) is 88.6. The van der Waals surface area contributed by atoms with Gasteiger partial charge in [-0.15, -0.1) is 0 Å². The smallest absolute Gasteiger partial charge is 0.257 e. The van der Waals surface area contributed by atoms with E-state index >= 15 is 0 Å². The molecule has 10 rings (SSSR count). The van der Waals surface area contributed by atoms with Crippen LogP contribution in [0.4, 0.5) is 0 Å². The number of fused-ring (bicyclic) bond motifs is 4. The second-order valence-corrected chi connectivity index (χ2v) is 27.2. The minimum atomic E-state index is -0.594. The molecule has 0 unspecified atom stereocenters. The highest BCUT2D eigenvalue weighted by atomic mass is 35.5. The number of hydrogen-bond donors (Lipinski definition) is 12. The van der Waals surface area contributed by atoms with Gasteiger partial charge in [0.15, 0.2) is 46.0 Å². The molecule has 2 aliphatic rings. The molecule has 27 heteroatoms. The molecule has 8 aromatic rings. The van der Waals surface area contributed by atoms with Crippen molar-refractivity contribution in [2.45, 2.75) is 170 Å². The maximum Gasteiger partial charge on any atom is 0.257 e. The predicted molar refractivity (Wildman–Crippen MR) is 358 cm³/mol. The van der Waals surface area contributed by atoms with E-state index in [4.69, 9.17) is 34.8 Å². The number of phenols is 8. The van der Waals surface area contributed by atoms with Crippen LogP contribution in [-0.2, 0) is 5.54 Å². The molecule has 0 bridgehead atoms. The molecule has 4 heterocycles. The average Bonchev–Trinajstić information content (AvgIpc) is 1.70. The Morgan fingerprint density at radius 2 is 0.774 bits per heavy atom. The normalized spacial score (nSPS) is 13.2. The Hall–Kier alpha value is -9.13. The Bertz CT molecular complexity index is 4600. The van der Waals surface area contributed by atoms with Crippen LogP contribution in [0.3, 0.4) is 0 Å². The van der Waals surface area contributed by atoms with Crippen molar-refractivity contribution >= 4 is 102 Å². The molecule has 498 valence electrons. The van der Waals surface area contributed by atoms with Crippen molar-refractivity contribution < 1.29 is 60.0 Å². The minimum Gasteiger partial charge on any atom is -0.504 e. The third-order valence-electron chi connectivity index (χ3n) is 14.6. The maximum atomic E-state index is 12.8. The van der Waals surface area contributed by atoms with Gasteiger partial charge in [-0.1, -0.05) is 34.8 Å². The number of aromatic nitrogens is 4. The summed E-state index contributed by atoms with van der Waals surface area (Å²) in [6.45, 7) is 25.7. The van der Waals surface area contributed by atoms with Crippen LogP contribution in [0, 0.1) is 0 Å². The topological polar surface area (TPSA) is 366 Å². The van der Waals surface area contributed by atoms with Crippen LogP contribution >= 0.6 is 34.8 Å². The van der Waals surface area contributed by atoms with Crippen molar-refractivity contribution in [2.75, 3.05) is 0 Å². The first-order valence-electron chi connectivity index (χ1n) is 29.8. The highest BCUT2D eigenvalue weighted by molar-refractivity contribution is 6.38. The van der Waals surface area contributed by atoms with Crippen LogP contribution in [0.15, 0.2) is 74.3 Å². The van der Waals surface area contributed by atoms with Gasteiger partial charge >= 0.3 is 0 Å². The SMILES string of the molecule is CC(C)(C)NC(=O)c1cn(C2CC2)c2cc(O)c(O)c(Cl)c2c1=O.CC(C)NC(=O)c1cn(C(C)(C)C)c2cc(O)c(O)c(Cl)c2c1=O.CC(C)NC(=O)c1cn(C(C)C)c2cc(O)c(O)c(Cl)c2c1=O.CC(C)NC(=O)c1cn(C2CC2)c2cc(O)c(O)cc2c1=O. The molecule has 4 aromatic carbocycles. The molecule has 0 saturated heterocycles. The Morgan fingerprint density at radius 1 is 0.441 bits per heavy atom. The number of halogens is 3. The van der Waals surface area contributed by atoms with Gasteiger partial charge in [-0.25, -0.2) is 0 Å². The molecule has 2 aliphatic carbocycles. The fourth-order valence-electron chi connectivity index (χ4n) is 10.0. The number of nitrogens with one attached hydrogen (secondary N) is 4. The quantitative estimate of drug-likeness (QED) is 0.0566. The number of hydrogen-bond acceptors (Lipinski definition) is 16. The lowest BCUT2D eigenvalue weighted by molar-refractivity contribution is 0.0912. The Balaban J connectivity index is 0.000000176. The lowest BCUT2D eigenvalue weighted by Gasteiger charge is -2.27. The summed E-state index contributed by atoms with van der Waals surface area (Å²) >= 11 is 18.2. The van der Waals surface area contributed by atoms with Gasteiger partial charge in [0, 0.05) is 96.4 Å². The van der Waals surface area contributed by atoms with Crippen molar-refractivity contribution in [1.29, 1.82) is 0 Å². The molecule has 0 aliphatic heterocycles. The predicted octanol–water partition coefficient (Wildman–Crippen LogP) is 10.6. The fourth-order valence-corrected chi connectivity index (χ4v) is 10.9. The Labute approximate surface area is 548 Å². The highest BCUT2D eigenvalue weighted by Gasteiger charge is 2.32. The van der Waals surface area contributed by atoms with Gasteiger partial charge in [0.25, 0.3) is 23.6 Å². The number of pyridine rings is 4. The van der Waals surface area contributed by atoms with E-state index in [0.29, 0.717) is 22.1 Å². The number of benzene rings is 4. The summed E-state index contributed by atoms with van der Waals surface area (Å²) in [6.07, 6.45) is 9.71. The second-order valence-electron chi connectivity index (χ2n) is 26.1. The average molecular weight is 1340 g/mol. The van der Waals surface area contributed by atoms with Crippen molar-refractivity contribution in [3.63, 3.8) is 0 Å². The van der Waals surface area contributed by atoms with E-state index in [1.807, 2.05) is 73.8 Å². The molecule has 0 atom stereocenters. The zero-order valence-electron chi connectivity index (χ0n) is 53.8. The van der Waals surface area contributed by atoms with Crippen molar-refractivity contribution in [2.24, 2.45) is 0 Å². The molecular formula is C66H77Cl3N8O16. The van der Waals surface area contributed by atoms with E-state index in [9.17, 15) is 79.2 Å². The number of carbonyl (C=O) groups excluding carboxylic acids is 4. The highest BCUT2D eigenvalue weighted by Crippen LogP contribution is 2.44. The van der Waals surface area contributed by atoms with Crippen LogP contribution in [0.5, 0.6) is 46.0 Å². The first-order chi connectivity index (χ1) is 43.1. The zero-order chi connectivity index (χ0) is 69.7. The van der Waals surface area contributed by atoms with Crippen LogP contribution < -0.4 is 43.0 Å². The molecular weight excluding hydrogens is 1270 g/mol. The number of nitrogens with zero attached hydrogens (tertiary/aromatic N) is 4. The van der Waals surface area contributed by atoms with E-state index < -0.39 is 90.9 Å². The molecule has 2 saturated carbocycles. The number of carbonyl (C=O) groups is 4. The summed E-state index contributed by atoms with van der Waals surface area (Å²) in [5.74, 6) is -5.55. The summed E-state index contributed by atoms with van der Waals surface area (Å²) in [4.78, 5) is 100. The Morgan fingerprint density at radius 3 is 1.16 bits per heavy atom. The number of amides is 4. The second kappa shape index (κ2) is 27.2. The van der Waals surface area contributed by atoms with Crippen molar-refractivity contribution in [3.05, 3.63) is 133 Å². The van der Waals surface area contributed by atoms with Crippen LogP contribution in [-0.4, -0.2) is 106 Å². The van der Waals surface area contributed by atoms with Gasteiger partial charge in [-0.3, -0.25) is 38.4 Å². The molecule has 12 N–H and O–H groups in total. The minimum absolute atomic E-state index is 0.00158. The van der Waals surface area contributed by atoms with E-state index in [0.717, 1.165) is 25.7 Å². The largest absolute Gasteiger partial charge is 0.504 e. The molecule has 2 fully saturated rings. The number of phenolic OH excluding ortho intramolecular Hbond substituents is 8.